The highest BCUT2D eigenvalue weighted by Crippen LogP contribution is 2.11. The lowest BCUT2D eigenvalue weighted by atomic mass is 10.1. The van der Waals surface area contributed by atoms with E-state index in [1.165, 1.54) is 11.1 Å². The average molecular weight is 326 g/mol. The summed E-state index contributed by atoms with van der Waals surface area (Å²) in [6, 6.07) is 11.9. The number of amides is 1. The van der Waals surface area contributed by atoms with Crippen molar-refractivity contribution >= 4 is 11.6 Å². The molecule has 5 nitrogen and oxygen atoms in total. The number of pyridine rings is 1. The van der Waals surface area contributed by atoms with E-state index in [1.54, 1.807) is 12.3 Å². The Morgan fingerprint density at radius 2 is 1.96 bits per heavy atom. The first-order valence-electron chi connectivity index (χ1n) is 8.23. The summed E-state index contributed by atoms with van der Waals surface area (Å²) in [7, 11) is 4.04. The van der Waals surface area contributed by atoms with E-state index in [0.717, 1.165) is 25.2 Å². The van der Waals surface area contributed by atoms with Crippen molar-refractivity contribution in [3.8, 4) is 0 Å². The molecule has 0 radical (unpaired) electrons. The van der Waals surface area contributed by atoms with Gasteiger partial charge in [0.15, 0.2) is 0 Å². The van der Waals surface area contributed by atoms with E-state index in [-0.39, 0.29) is 5.91 Å². The fourth-order valence-electron chi connectivity index (χ4n) is 2.33. The lowest BCUT2D eigenvalue weighted by Gasteiger charge is -2.10. The van der Waals surface area contributed by atoms with Gasteiger partial charge in [-0.25, -0.2) is 4.98 Å². The Balaban J connectivity index is 1.82. The van der Waals surface area contributed by atoms with Gasteiger partial charge in [0, 0.05) is 13.1 Å². The molecule has 24 heavy (non-hydrogen) atoms. The molecule has 0 unspecified atom stereocenters. The fraction of sp³-hybridized carbons (Fsp3) is 0.368. The number of nitrogens with one attached hydrogen (secondary N) is 2. The second-order valence-electron chi connectivity index (χ2n) is 6.12. The number of aryl methyl sites for hydroxylation is 1. The maximum atomic E-state index is 12.0. The van der Waals surface area contributed by atoms with Crippen molar-refractivity contribution in [3.05, 3.63) is 59.4 Å². The Kier molecular flexibility index (Phi) is 6.75. The van der Waals surface area contributed by atoms with Crippen LogP contribution in [0.4, 0.5) is 5.69 Å². The summed E-state index contributed by atoms with van der Waals surface area (Å²) in [5.41, 5.74) is 3.86. The summed E-state index contributed by atoms with van der Waals surface area (Å²) in [5.74, 6) is -0.126. The summed E-state index contributed by atoms with van der Waals surface area (Å²) in [6.07, 6.45) is 2.63. The molecule has 0 saturated carbocycles. The summed E-state index contributed by atoms with van der Waals surface area (Å²) < 4.78 is 0. The first kappa shape index (κ1) is 17.9. The van der Waals surface area contributed by atoms with Gasteiger partial charge in [0.05, 0.1) is 11.9 Å². The molecule has 2 rings (SSSR count). The Labute approximate surface area is 144 Å². The molecule has 2 aromatic rings. The van der Waals surface area contributed by atoms with Gasteiger partial charge in [0.1, 0.15) is 5.69 Å². The molecular formula is C19H26N4O. The Bertz CT molecular complexity index is 653. The highest BCUT2D eigenvalue weighted by atomic mass is 16.1. The third-order valence-electron chi connectivity index (χ3n) is 3.81. The Morgan fingerprint density at radius 1 is 1.17 bits per heavy atom. The summed E-state index contributed by atoms with van der Waals surface area (Å²) >= 11 is 0. The van der Waals surface area contributed by atoms with Crippen LogP contribution in [-0.4, -0.2) is 43.0 Å². The number of hydrogen-bond acceptors (Lipinski definition) is 4. The highest BCUT2D eigenvalue weighted by molar-refractivity contribution is 5.92. The van der Waals surface area contributed by atoms with E-state index in [2.05, 4.69) is 39.6 Å². The van der Waals surface area contributed by atoms with Crippen LogP contribution in [0.2, 0.25) is 0 Å². The normalized spacial score (nSPS) is 10.7. The van der Waals surface area contributed by atoms with Crippen LogP contribution in [0.5, 0.6) is 0 Å². The minimum Gasteiger partial charge on any atom is -0.380 e. The second-order valence-corrected chi connectivity index (χ2v) is 6.12. The quantitative estimate of drug-likeness (QED) is 0.732. The molecule has 0 saturated heterocycles. The van der Waals surface area contributed by atoms with Crippen LogP contribution in [0, 0.1) is 6.92 Å². The number of benzene rings is 1. The van der Waals surface area contributed by atoms with Crippen molar-refractivity contribution in [3.63, 3.8) is 0 Å². The zero-order valence-electron chi connectivity index (χ0n) is 14.7. The fourth-order valence-corrected chi connectivity index (χ4v) is 2.33. The van der Waals surface area contributed by atoms with Gasteiger partial charge in [-0.1, -0.05) is 24.3 Å². The standard InChI is InChI=1S/C19H26N4O/c1-15-7-4-5-8-16(15)13-21-17-9-10-18(22-14-17)19(24)20-11-6-12-23(2)3/h4-5,7-10,14,21H,6,11-13H2,1-3H3,(H,20,24). The van der Waals surface area contributed by atoms with Crippen molar-refractivity contribution in [2.75, 3.05) is 32.5 Å². The molecule has 5 heteroatoms. The van der Waals surface area contributed by atoms with E-state index in [9.17, 15) is 4.79 Å². The molecule has 0 aliphatic rings. The van der Waals surface area contributed by atoms with Crippen molar-refractivity contribution in [2.24, 2.45) is 0 Å². The summed E-state index contributed by atoms with van der Waals surface area (Å²) in [6.45, 7) is 4.45. The van der Waals surface area contributed by atoms with Crippen LogP contribution in [0.3, 0.4) is 0 Å². The molecule has 0 atom stereocenters. The molecule has 1 heterocycles. The van der Waals surface area contributed by atoms with Crippen molar-refractivity contribution < 1.29 is 4.79 Å². The van der Waals surface area contributed by atoms with Gasteiger partial charge >= 0.3 is 0 Å². The van der Waals surface area contributed by atoms with E-state index in [4.69, 9.17) is 0 Å². The summed E-state index contributed by atoms with van der Waals surface area (Å²) in [4.78, 5) is 18.4. The molecule has 0 aliphatic carbocycles. The van der Waals surface area contributed by atoms with E-state index < -0.39 is 0 Å². The predicted molar refractivity (Wildman–Crippen MR) is 98.2 cm³/mol. The number of aromatic nitrogens is 1. The molecule has 0 spiro atoms. The van der Waals surface area contributed by atoms with Crippen molar-refractivity contribution in [1.29, 1.82) is 0 Å². The van der Waals surface area contributed by atoms with Gasteiger partial charge in [0.2, 0.25) is 0 Å². The number of anilines is 1. The van der Waals surface area contributed by atoms with Crippen molar-refractivity contribution in [1.82, 2.24) is 15.2 Å². The molecule has 0 aliphatic heterocycles. The van der Waals surface area contributed by atoms with Crippen LogP contribution in [0.15, 0.2) is 42.6 Å². The predicted octanol–water partition coefficient (Wildman–Crippen LogP) is 2.68. The van der Waals surface area contributed by atoms with Gasteiger partial charge in [-0.2, -0.15) is 0 Å². The molecule has 1 aromatic heterocycles. The van der Waals surface area contributed by atoms with Gasteiger partial charge in [0.25, 0.3) is 5.91 Å². The minimum atomic E-state index is -0.126. The van der Waals surface area contributed by atoms with Crippen LogP contribution >= 0.6 is 0 Å². The topological polar surface area (TPSA) is 57.3 Å². The zero-order valence-corrected chi connectivity index (χ0v) is 14.7. The molecule has 0 bridgehead atoms. The second kappa shape index (κ2) is 9.03. The number of carbonyl (C=O) groups excluding carboxylic acids is 1. The SMILES string of the molecule is Cc1ccccc1CNc1ccc(C(=O)NCCCN(C)C)nc1. The molecule has 1 amide bonds. The maximum absolute atomic E-state index is 12.0. The monoisotopic (exact) mass is 326 g/mol. The summed E-state index contributed by atoms with van der Waals surface area (Å²) in [5, 5.41) is 6.22. The van der Waals surface area contributed by atoms with Gasteiger partial charge in [-0.05, 0) is 57.2 Å². The van der Waals surface area contributed by atoms with E-state index >= 15 is 0 Å². The van der Waals surface area contributed by atoms with E-state index in [0.29, 0.717) is 12.2 Å². The van der Waals surface area contributed by atoms with Crippen LogP contribution < -0.4 is 10.6 Å². The van der Waals surface area contributed by atoms with Crippen LogP contribution in [0.25, 0.3) is 0 Å². The average Bonchev–Trinajstić information content (AvgIpc) is 2.58. The largest absolute Gasteiger partial charge is 0.380 e. The molecule has 128 valence electrons. The minimum absolute atomic E-state index is 0.126. The Morgan fingerprint density at radius 3 is 2.62 bits per heavy atom. The van der Waals surface area contributed by atoms with Gasteiger partial charge < -0.3 is 15.5 Å². The van der Waals surface area contributed by atoms with Gasteiger partial charge in [-0.15, -0.1) is 0 Å². The molecule has 1 aromatic carbocycles. The lowest BCUT2D eigenvalue weighted by molar-refractivity contribution is 0.0947. The zero-order chi connectivity index (χ0) is 17.4. The first-order valence-corrected chi connectivity index (χ1v) is 8.23. The molecule has 0 fully saturated rings. The maximum Gasteiger partial charge on any atom is 0.269 e. The first-order chi connectivity index (χ1) is 11.6. The molecule has 2 N–H and O–H groups in total. The Hall–Kier alpha value is -2.40. The third-order valence-corrected chi connectivity index (χ3v) is 3.81. The third kappa shape index (κ3) is 5.66. The smallest absolute Gasteiger partial charge is 0.269 e. The van der Waals surface area contributed by atoms with Crippen LogP contribution in [0.1, 0.15) is 28.0 Å². The highest BCUT2D eigenvalue weighted by Gasteiger charge is 2.06. The van der Waals surface area contributed by atoms with E-state index in [1.807, 2.05) is 32.3 Å². The number of rotatable bonds is 8. The number of carbonyl (C=O) groups is 1. The number of hydrogen-bond donors (Lipinski definition) is 2. The van der Waals surface area contributed by atoms with Gasteiger partial charge in [-0.3, -0.25) is 4.79 Å². The number of nitrogens with zero attached hydrogens (tertiary/aromatic N) is 2. The lowest BCUT2D eigenvalue weighted by Crippen LogP contribution is -2.27. The van der Waals surface area contributed by atoms with Crippen molar-refractivity contribution in [2.45, 2.75) is 19.9 Å². The molecular weight excluding hydrogens is 300 g/mol. The van der Waals surface area contributed by atoms with Crippen LogP contribution in [-0.2, 0) is 6.54 Å².